The largest absolute Gasteiger partial charge is 0.481 e. The van der Waals surface area contributed by atoms with Gasteiger partial charge in [0.05, 0.1) is 5.92 Å². The number of rotatable bonds is 6. The third kappa shape index (κ3) is 4.75. The van der Waals surface area contributed by atoms with Crippen molar-refractivity contribution in [3.8, 4) is 5.75 Å². The zero-order valence-electron chi connectivity index (χ0n) is 17.8. The lowest BCUT2D eigenvalue weighted by atomic mass is 9.82. The van der Waals surface area contributed by atoms with Crippen LogP contribution in [0.15, 0.2) is 27.4 Å². The molecule has 0 unspecified atom stereocenters. The van der Waals surface area contributed by atoms with Gasteiger partial charge in [-0.3, -0.25) is 9.59 Å². The molecule has 1 heterocycles. The van der Waals surface area contributed by atoms with Gasteiger partial charge in [0, 0.05) is 23.6 Å². The molecule has 31 heavy (non-hydrogen) atoms. The van der Waals surface area contributed by atoms with Gasteiger partial charge in [-0.05, 0) is 81.9 Å². The maximum atomic E-state index is 12.5. The fourth-order valence-electron chi connectivity index (χ4n) is 4.76. The van der Waals surface area contributed by atoms with Gasteiger partial charge in [0.2, 0.25) is 0 Å². The Morgan fingerprint density at radius 2 is 1.87 bits per heavy atom. The third-order valence-electron chi connectivity index (χ3n) is 6.64. The minimum Gasteiger partial charge on any atom is -0.481 e. The van der Waals surface area contributed by atoms with Crippen molar-refractivity contribution in [1.29, 1.82) is 0 Å². The summed E-state index contributed by atoms with van der Waals surface area (Å²) in [5.74, 6) is -0.416. The zero-order chi connectivity index (χ0) is 22.0. The van der Waals surface area contributed by atoms with Crippen LogP contribution in [0.3, 0.4) is 0 Å². The van der Waals surface area contributed by atoms with Crippen molar-refractivity contribution in [2.24, 2.45) is 11.8 Å². The number of aliphatic carboxylic acids is 1. The Bertz CT molecular complexity index is 1030. The molecule has 166 valence electrons. The number of carboxylic acids is 1. The van der Waals surface area contributed by atoms with E-state index in [1.54, 1.807) is 13.0 Å². The van der Waals surface area contributed by atoms with Crippen LogP contribution in [0.4, 0.5) is 0 Å². The van der Waals surface area contributed by atoms with E-state index in [1.807, 2.05) is 12.1 Å². The topological polar surface area (TPSA) is 106 Å². The average Bonchev–Trinajstić information content (AvgIpc) is 2.77. The summed E-state index contributed by atoms with van der Waals surface area (Å²) in [6.45, 7) is 2.21. The molecule has 0 bridgehead atoms. The van der Waals surface area contributed by atoms with E-state index in [2.05, 4.69) is 5.32 Å². The maximum Gasteiger partial charge on any atom is 0.339 e. The fraction of sp³-hybridized carbons (Fsp3) is 0.542. The molecule has 4 rings (SSSR count). The average molecular weight is 427 g/mol. The number of carboxylic acid groups (broad SMARTS) is 1. The molecular formula is C24H29NO6. The van der Waals surface area contributed by atoms with Crippen molar-refractivity contribution >= 4 is 22.8 Å². The molecule has 1 atom stereocenters. The summed E-state index contributed by atoms with van der Waals surface area (Å²) in [5.41, 5.74) is 2.08. The van der Waals surface area contributed by atoms with Gasteiger partial charge in [-0.15, -0.1) is 0 Å². The minimum atomic E-state index is -0.726. The fourth-order valence-corrected chi connectivity index (χ4v) is 4.76. The van der Waals surface area contributed by atoms with E-state index in [4.69, 9.17) is 14.3 Å². The highest BCUT2D eigenvalue weighted by Crippen LogP contribution is 2.30. The summed E-state index contributed by atoms with van der Waals surface area (Å²) < 4.78 is 11.3. The standard InChI is InChI=1S/C24H29NO6/c1-14(22(26)25-13-15-6-8-16(9-7-15)23(27)28)30-17-10-11-19-18-4-2-3-5-20(18)24(29)31-21(19)12-17/h10-12,14-16H,2-9,13H2,1H3,(H,25,26)(H,27,28)/t14-,15?,16?/m1/s1. The van der Waals surface area contributed by atoms with Crippen molar-refractivity contribution < 1.29 is 23.8 Å². The number of nitrogens with one attached hydrogen (secondary N) is 1. The first-order valence-corrected chi connectivity index (χ1v) is 11.2. The summed E-state index contributed by atoms with van der Waals surface area (Å²) in [5, 5.41) is 12.9. The van der Waals surface area contributed by atoms with Gasteiger partial charge in [-0.2, -0.15) is 0 Å². The number of hydrogen-bond donors (Lipinski definition) is 2. The van der Waals surface area contributed by atoms with E-state index in [0.29, 0.717) is 36.6 Å². The molecular weight excluding hydrogens is 398 g/mol. The molecule has 7 heteroatoms. The van der Waals surface area contributed by atoms with Crippen LogP contribution >= 0.6 is 0 Å². The lowest BCUT2D eigenvalue weighted by Gasteiger charge is -2.26. The van der Waals surface area contributed by atoms with Crippen LogP contribution in [0.2, 0.25) is 0 Å². The van der Waals surface area contributed by atoms with Crippen molar-refractivity contribution in [2.45, 2.75) is 64.4 Å². The van der Waals surface area contributed by atoms with E-state index in [1.165, 1.54) is 0 Å². The first-order chi connectivity index (χ1) is 14.9. The highest BCUT2D eigenvalue weighted by atomic mass is 16.5. The molecule has 1 aromatic heterocycles. The van der Waals surface area contributed by atoms with Gasteiger partial charge in [0.25, 0.3) is 5.91 Å². The predicted molar refractivity (Wildman–Crippen MR) is 115 cm³/mol. The van der Waals surface area contributed by atoms with Crippen molar-refractivity contribution in [3.63, 3.8) is 0 Å². The highest BCUT2D eigenvalue weighted by molar-refractivity contribution is 5.83. The molecule has 0 aliphatic heterocycles. The van der Waals surface area contributed by atoms with Crippen LogP contribution in [0.25, 0.3) is 11.0 Å². The van der Waals surface area contributed by atoms with Crippen molar-refractivity contribution in [2.75, 3.05) is 6.54 Å². The molecule has 1 fully saturated rings. The van der Waals surface area contributed by atoms with E-state index < -0.39 is 12.1 Å². The van der Waals surface area contributed by atoms with Crippen molar-refractivity contribution in [1.82, 2.24) is 5.32 Å². The number of carbonyl (C=O) groups is 2. The van der Waals surface area contributed by atoms with E-state index in [-0.39, 0.29) is 17.5 Å². The molecule has 0 radical (unpaired) electrons. The third-order valence-corrected chi connectivity index (χ3v) is 6.64. The second-order valence-corrected chi connectivity index (χ2v) is 8.77. The van der Waals surface area contributed by atoms with E-state index in [0.717, 1.165) is 55.0 Å². The molecule has 7 nitrogen and oxygen atoms in total. The number of aryl methyl sites for hydroxylation is 1. The molecule has 2 aliphatic rings. The first kappa shape index (κ1) is 21.4. The minimum absolute atomic E-state index is 0.215. The Hall–Kier alpha value is -2.83. The quantitative estimate of drug-likeness (QED) is 0.684. The molecule has 2 aliphatic carbocycles. The van der Waals surface area contributed by atoms with Gasteiger partial charge in [0.15, 0.2) is 6.10 Å². The predicted octanol–water partition coefficient (Wildman–Crippen LogP) is 3.45. The second kappa shape index (κ2) is 9.12. The number of hydrogen-bond acceptors (Lipinski definition) is 5. The van der Waals surface area contributed by atoms with Crippen LogP contribution in [0.5, 0.6) is 5.75 Å². The van der Waals surface area contributed by atoms with Gasteiger partial charge in [-0.1, -0.05) is 0 Å². The summed E-state index contributed by atoms with van der Waals surface area (Å²) in [7, 11) is 0. The first-order valence-electron chi connectivity index (χ1n) is 11.2. The van der Waals surface area contributed by atoms with Gasteiger partial charge >= 0.3 is 11.6 Å². The van der Waals surface area contributed by atoms with E-state index >= 15 is 0 Å². The normalized spacial score (nSPS) is 21.8. The second-order valence-electron chi connectivity index (χ2n) is 8.77. The Morgan fingerprint density at radius 1 is 1.16 bits per heavy atom. The lowest BCUT2D eigenvalue weighted by molar-refractivity contribution is -0.143. The van der Waals surface area contributed by atoms with Crippen molar-refractivity contribution in [3.05, 3.63) is 39.7 Å². The molecule has 0 spiro atoms. The summed E-state index contributed by atoms with van der Waals surface area (Å²) in [6, 6.07) is 5.40. The number of amides is 1. The molecule has 1 aromatic carbocycles. The molecule has 1 amide bonds. The molecule has 0 saturated heterocycles. The van der Waals surface area contributed by atoms with Crippen LogP contribution in [-0.2, 0) is 22.4 Å². The Morgan fingerprint density at radius 3 is 2.58 bits per heavy atom. The number of benzene rings is 1. The smallest absolute Gasteiger partial charge is 0.339 e. The molecule has 2 N–H and O–H groups in total. The SMILES string of the molecule is C[C@@H](Oc1ccc2c3c(c(=O)oc2c1)CCCC3)C(=O)NCC1CCC(C(=O)O)CC1. The molecule has 2 aromatic rings. The summed E-state index contributed by atoms with van der Waals surface area (Å²) in [6.07, 6.45) is 5.96. The summed E-state index contributed by atoms with van der Waals surface area (Å²) in [4.78, 5) is 35.8. The summed E-state index contributed by atoms with van der Waals surface area (Å²) >= 11 is 0. The van der Waals surface area contributed by atoms with Gasteiger partial charge in [-0.25, -0.2) is 4.79 Å². The number of ether oxygens (including phenoxy) is 1. The highest BCUT2D eigenvalue weighted by Gasteiger charge is 2.26. The van der Waals surface area contributed by atoms with E-state index in [9.17, 15) is 14.4 Å². The molecule has 1 saturated carbocycles. The Kier molecular flexibility index (Phi) is 6.30. The lowest BCUT2D eigenvalue weighted by Crippen LogP contribution is -2.39. The Labute approximate surface area is 180 Å². The van der Waals surface area contributed by atoms with Gasteiger partial charge < -0.3 is 19.6 Å². The van der Waals surface area contributed by atoms with Crippen LogP contribution < -0.4 is 15.7 Å². The monoisotopic (exact) mass is 427 g/mol. The maximum absolute atomic E-state index is 12.5. The zero-order valence-corrected chi connectivity index (χ0v) is 17.8. The van der Waals surface area contributed by atoms with Crippen LogP contribution in [0, 0.1) is 11.8 Å². The van der Waals surface area contributed by atoms with Crippen LogP contribution in [-0.4, -0.2) is 29.6 Å². The Balaban J connectivity index is 1.36. The number of fused-ring (bicyclic) bond motifs is 3. The van der Waals surface area contributed by atoms with Gasteiger partial charge in [0.1, 0.15) is 11.3 Å². The van der Waals surface area contributed by atoms with Crippen LogP contribution in [0.1, 0.15) is 56.6 Å². The number of carbonyl (C=O) groups excluding carboxylic acids is 1.